The zero-order chi connectivity index (χ0) is 30.2. The molecular formula is C28H37N7O5S. The molecule has 2 aromatic carbocycles. The first-order valence-corrected chi connectivity index (χ1v) is 14.9. The lowest BCUT2D eigenvalue weighted by Gasteiger charge is -2.21. The molecule has 0 bridgehead atoms. The average Bonchev–Trinajstić information content (AvgIpc) is 3.30. The molecule has 13 heteroatoms. The largest absolute Gasteiger partial charge is 0.384 e. The van der Waals surface area contributed by atoms with Gasteiger partial charge in [-0.3, -0.25) is 19.8 Å². The van der Waals surface area contributed by atoms with Crippen LogP contribution in [0.1, 0.15) is 48.4 Å². The van der Waals surface area contributed by atoms with Crippen molar-refractivity contribution in [2.45, 2.75) is 58.2 Å². The fourth-order valence-corrected chi connectivity index (χ4v) is 5.21. The third kappa shape index (κ3) is 9.43. The van der Waals surface area contributed by atoms with Gasteiger partial charge < -0.3 is 27.1 Å². The number of H-pyrrole nitrogens is 1. The van der Waals surface area contributed by atoms with E-state index in [9.17, 15) is 22.8 Å². The number of nitrogens with two attached hydrogens (primary N) is 2. The Kier molecular flexibility index (Phi) is 10.6. The lowest BCUT2D eigenvalue weighted by atomic mass is 10.0. The van der Waals surface area contributed by atoms with Crippen LogP contribution >= 0.6 is 0 Å². The summed E-state index contributed by atoms with van der Waals surface area (Å²) in [5.41, 5.74) is 14.8. The van der Waals surface area contributed by atoms with E-state index in [4.69, 9.17) is 16.9 Å². The van der Waals surface area contributed by atoms with Gasteiger partial charge in [-0.1, -0.05) is 35.9 Å². The summed E-state index contributed by atoms with van der Waals surface area (Å²) in [6.07, 6.45) is 1.64. The number of carbonyl (C=O) groups excluding carboxylic acids is 3. The number of aromatic amines is 1. The highest BCUT2D eigenvalue weighted by atomic mass is 32.2. The monoisotopic (exact) mass is 583 g/mol. The normalized spacial score (nSPS) is 12.9. The minimum atomic E-state index is -3.64. The summed E-state index contributed by atoms with van der Waals surface area (Å²) in [4.78, 5) is 40.7. The van der Waals surface area contributed by atoms with Crippen LogP contribution in [0, 0.1) is 12.3 Å². The molecule has 2 unspecified atom stereocenters. The number of sulfonamides is 1. The Morgan fingerprint density at radius 3 is 2.41 bits per heavy atom. The molecule has 0 aliphatic rings. The first kappa shape index (κ1) is 31.3. The molecule has 3 rings (SSSR count). The van der Waals surface area contributed by atoms with E-state index in [1.54, 1.807) is 30.5 Å². The van der Waals surface area contributed by atoms with Crippen LogP contribution in [0.3, 0.4) is 0 Å². The van der Waals surface area contributed by atoms with Gasteiger partial charge in [0.1, 0.15) is 11.9 Å². The fourth-order valence-electron chi connectivity index (χ4n) is 4.37. The van der Waals surface area contributed by atoms with Gasteiger partial charge in [-0.05, 0) is 49.9 Å². The Balaban J connectivity index is 1.72. The second-order valence-electron chi connectivity index (χ2n) is 9.94. The molecule has 0 aliphatic heterocycles. The number of nitrogens with one attached hydrogen (secondary N) is 5. The standard InChI is InChI=1S/C28H37N7O5S/c1-3-41(39,40)35-21(13-20-16-32-23-9-4-17(2)12-22(20)23)14-26(37)34-24(10-11-25(29)36)28(38)33-15-18-5-7-19(8-6-18)27(30)31/h4-9,12,16,21,24,32,35H,3,10-11,13-15H2,1-2H3,(H2,29,36)(H3,30,31)(H,33,38)(H,34,37). The third-order valence-electron chi connectivity index (χ3n) is 6.61. The number of primary amides is 1. The molecule has 3 aromatic rings. The summed E-state index contributed by atoms with van der Waals surface area (Å²) >= 11 is 0. The van der Waals surface area contributed by atoms with E-state index >= 15 is 0 Å². The minimum Gasteiger partial charge on any atom is -0.384 e. The van der Waals surface area contributed by atoms with Crippen LogP contribution in [-0.2, 0) is 37.4 Å². The number of hydrogen-bond acceptors (Lipinski definition) is 6. The summed E-state index contributed by atoms with van der Waals surface area (Å²) in [5.74, 6) is -1.93. The summed E-state index contributed by atoms with van der Waals surface area (Å²) in [6.45, 7) is 3.60. The van der Waals surface area contributed by atoms with Crippen LogP contribution in [0.2, 0.25) is 0 Å². The van der Waals surface area contributed by atoms with Gasteiger partial charge in [-0.25, -0.2) is 13.1 Å². The number of nitrogen functional groups attached to an aromatic ring is 1. The summed E-state index contributed by atoms with van der Waals surface area (Å²) in [7, 11) is -3.64. The molecule has 0 spiro atoms. The molecule has 2 atom stereocenters. The molecular weight excluding hydrogens is 546 g/mol. The maximum Gasteiger partial charge on any atom is 0.242 e. The molecule has 1 heterocycles. The highest BCUT2D eigenvalue weighted by Crippen LogP contribution is 2.22. The topological polar surface area (TPSA) is 213 Å². The van der Waals surface area contributed by atoms with Crippen LogP contribution in [0.15, 0.2) is 48.7 Å². The zero-order valence-corrected chi connectivity index (χ0v) is 23.9. The summed E-state index contributed by atoms with van der Waals surface area (Å²) in [6, 6.07) is 10.8. The molecule has 0 saturated carbocycles. The van der Waals surface area contributed by atoms with Gasteiger partial charge in [0.15, 0.2) is 0 Å². The van der Waals surface area contributed by atoms with Gasteiger partial charge in [0.05, 0.1) is 5.75 Å². The van der Waals surface area contributed by atoms with Crippen molar-refractivity contribution >= 4 is 44.5 Å². The number of amidine groups is 1. The van der Waals surface area contributed by atoms with E-state index < -0.39 is 39.8 Å². The molecule has 41 heavy (non-hydrogen) atoms. The third-order valence-corrected chi connectivity index (χ3v) is 8.06. The lowest BCUT2D eigenvalue weighted by molar-refractivity contribution is -0.130. The number of hydrogen-bond donors (Lipinski definition) is 7. The van der Waals surface area contributed by atoms with E-state index in [1.165, 1.54) is 6.92 Å². The number of fused-ring (bicyclic) bond motifs is 1. The van der Waals surface area contributed by atoms with Crippen molar-refractivity contribution in [2.75, 3.05) is 5.75 Å². The van der Waals surface area contributed by atoms with Gasteiger partial charge >= 0.3 is 0 Å². The van der Waals surface area contributed by atoms with Gasteiger partial charge in [-0.2, -0.15) is 0 Å². The highest BCUT2D eigenvalue weighted by molar-refractivity contribution is 7.89. The van der Waals surface area contributed by atoms with E-state index in [1.807, 2.05) is 25.1 Å². The van der Waals surface area contributed by atoms with Crippen molar-refractivity contribution in [1.29, 1.82) is 5.41 Å². The predicted octanol–water partition coefficient (Wildman–Crippen LogP) is 1.07. The second-order valence-corrected chi connectivity index (χ2v) is 12.0. The molecule has 220 valence electrons. The van der Waals surface area contributed by atoms with Crippen molar-refractivity contribution in [3.63, 3.8) is 0 Å². The van der Waals surface area contributed by atoms with E-state index in [2.05, 4.69) is 20.3 Å². The van der Waals surface area contributed by atoms with Crippen LogP contribution in [0.25, 0.3) is 10.9 Å². The number of rotatable bonds is 15. The molecule has 12 nitrogen and oxygen atoms in total. The van der Waals surface area contributed by atoms with E-state index in [0.717, 1.165) is 27.6 Å². The lowest BCUT2D eigenvalue weighted by Crippen LogP contribution is -2.49. The van der Waals surface area contributed by atoms with Crippen molar-refractivity contribution in [1.82, 2.24) is 20.3 Å². The average molecular weight is 584 g/mol. The van der Waals surface area contributed by atoms with Crippen LogP contribution in [-0.4, -0.2) is 54.8 Å². The number of benzene rings is 2. The number of aryl methyl sites for hydroxylation is 1. The Hall–Kier alpha value is -4.23. The van der Waals surface area contributed by atoms with Crippen molar-refractivity contribution in [2.24, 2.45) is 11.5 Å². The highest BCUT2D eigenvalue weighted by Gasteiger charge is 2.25. The smallest absolute Gasteiger partial charge is 0.242 e. The van der Waals surface area contributed by atoms with Crippen molar-refractivity contribution < 1.29 is 22.8 Å². The first-order chi connectivity index (χ1) is 19.4. The molecule has 0 fully saturated rings. The Labute approximate surface area is 239 Å². The van der Waals surface area contributed by atoms with Crippen LogP contribution in [0.4, 0.5) is 0 Å². The Morgan fingerprint density at radius 2 is 1.78 bits per heavy atom. The summed E-state index contributed by atoms with van der Waals surface area (Å²) < 4.78 is 27.5. The molecule has 3 amide bonds. The number of aromatic nitrogens is 1. The zero-order valence-electron chi connectivity index (χ0n) is 23.1. The molecule has 0 aliphatic carbocycles. The Bertz CT molecular complexity index is 1520. The molecule has 9 N–H and O–H groups in total. The maximum atomic E-state index is 13.1. The summed E-state index contributed by atoms with van der Waals surface area (Å²) in [5, 5.41) is 13.8. The SMILES string of the molecule is CCS(=O)(=O)NC(CC(=O)NC(CCC(N)=O)C(=O)NCc1ccc(C(=N)N)cc1)Cc1c[nH]c2ccc(C)cc12. The minimum absolute atomic E-state index is 0.0245. The molecule has 0 saturated heterocycles. The fraction of sp³-hybridized carbons (Fsp3) is 0.357. The van der Waals surface area contributed by atoms with Gasteiger partial charge in [0, 0.05) is 48.1 Å². The predicted molar refractivity (Wildman–Crippen MR) is 157 cm³/mol. The van der Waals surface area contributed by atoms with Crippen molar-refractivity contribution in [3.05, 3.63) is 70.9 Å². The number of carbonyl (C=O) groups is 3. The van der Waals surface area contributed by atoms with Gasteiger partial charge in [0.25, 0.3) is 0 Å². The maximum absolute atomic E-state index is 13.1. The molecule has 0 radical (unpaired) electrons. The van der Waals surface area contributed by atoms with E-state index in [-0.39, 0.29) is 43.8 Å². The quantitative estimate of drug-likeness (QED) is 0.103. The van der Waals surface area contributed by atoms with Crippen molar-refractivity contribution in [3.8, 4) is 0 Å². The number of amides is 3. The molecule has 1 aromatic heterocycles. The van der Waals surface area contributed by atoms with Crippen LogP contribution < -0.4 is 26.8 Å². The van der Waals surface area contributed by atoms with E-state index in [0.29, 0.717) is 5.56 Å². The first-order valence-electron chi connectivity index (χ1n) is 13.2. The van der Waals surface area contributed by atoms with Gasteiger partial charge in [-0.15, -0.1) is 0 Å². The Morgan fingerprint density at radius 1 is 1.07 bits per heavy atom. The second kappa shape index (κ2) is 13.9. The van der Waals surface area contributed by atoms with Crippen LogP contribution in [0.5, 0.6) is 0 Å². The van der Waals surface area contributed by atoms with Gasteiger partial charge in [0.2, 0.25) is 27.7 Å².